The van der Waals surface area contributed by atoms with Crippen LogP contribution in [0.2, 0.25) is 0 Å². The summed E-state index contributed by atoms with van der Waals surface area (Å²) in [6.45, 7) is 5.50. The third kappa shape index (κ3) is 4.57. The van der Waals surface area contributed by atoms with E-state index in [1.54, 1.807) is 23.5 Å². The van der Waals surface area contributed by atoms with E-state index in [1.807, 2.05) is 17.5 Å². The van der Waals surface area contributed by atoms with Gasteiger partial charge in [-0.25, -0.2) is 4.39 Å². The Balaban J connectivity index is 1.54. The molecule has 3 aromatic rings. The van der Waals surface area contributed by atoms with Gasteiger partial charge >= 0.3 is 0 Å². The fraction of sp³-hybridized carbons (Fsp3) is 0.364. The van der Waals surface area contributed by atoms with E-state index in [0.717, 1.165) is 29.1 Å². The highest BCUT2D eigenvalue weighted by Crippen LogP contribution is 2.28. The van der Waals surface area contributed by atoms with E-state index in [0.29, 0.717) is 18.2 Å². The zero-order valence-corrected chi connectivity index (χ0v) is 17.3. The summed E-state index contributed by atoms with van der Waals surface area (Å²) in [5, 5.41) is 9.40. The fourth-order valence-corrected chi connectivity index (χ4v) is 4.48. The van der Waals surface area contributed by atoms with Crippen LogP contribution in [0.3, 0.4) is 0 Å². The van der Waals surface area contributed by atoms with Crippen molar-refractivity contribution < 1.29 is 13.7 Å². The van der Waals surface area contributed by atoms with Crippen molar-refractivity contribution in [3.63, 3.8) is 0 Å². The van der Waals surface area contributed by atoms with Gasteiger partial charge in [-0.3, -0.25) is 9.69 Å². The smallest absolute Gasteiger partial charge is 0.237 e. The SMILES string of the molecule is CC(C)CC1C(=O)NC(c2cccs2)CN1Cc1cc(-c2ccc(F)cc2)on1. The van der Waals surface area contributed by atoms with Gasteiger partial charge in [0.2, 0.25) is 5.91 Å². The van der Waals surface area contributed by atoms with E-state index < -0.39 is 0 Å². The molecule has 1 N–H and O–H groups in total. The van der Waals surface area contributed by atoms with E-state index >= 15 is 0 Å². The maximum absolute atomic E-state index is 13.2. The monoisotopic (exact) mass is 413 g/mol. The number of carbonyl (C=O) groups is 1. The number of nitrogens with zero attached hydrogens (tertiary/aromatic N) is 2. The number of thiophene rings is 1. The number of benzene rings is 1. The molecule has 29 heavy (non-hydrogen) atoms. The van der Waals surface area contributed by atoms with Gasteiger partial charge in [0, 0.05) is 29.6 Å². The second kappa shape index (κ2) is 8.47. The largest absolute Gasteiger partial charge is 0.356 e. The molecule has 4 rings (SSSR count). The molecule has 1 amide bonds. The maximum Gasteiger partial charge on any atom is 0.237 e. The molecule has 0 radical (unpaired) electrons. The lowest BCUT2D eigenvalue weighted by atomic mass is 9.97. The Hall–Kier alpha value is -2.51. The molecule has 2 aromatic heterocycles. The molecular weight excluding hydrogens is 389 g/mol. The molecule has 0 aliphatic carbocycles. The number of amides is 1. The average Bonchev–Trinajstić information content (AvgIpc) is 3.37. The summed E-state index contributed by atoms with van der Waals surface area (Å²) in [4.78, 5) is 16.2. The topological polar surface area (TPSA) is 58.4 Å². The van der Waals surface area contributed by atoms with Crippen LogP contribution in [0.4, 0.5) is 4.39 Å². The Morgan fingerprint density at radius 3 is 2.79 bits per heavy atom. The first kappa shape index (κ1) is 19.8. The zero-order valence-electron chi connectivity index (χ0n) is 16.5. The number of hydrogen-bond acceptors (Lipinski definition) is 5. The number of piperazine rings is 1. The predicted octanol–water partition coefficient (Wildman–Crippen LogP) is 4.63. The first-order chi connectivity index (χ1) is 14.0. The van der Waals surface area contributed by atoms with Gasteiger partial charge in [0.05, 0.1) is 17.8 Å². The Bertz CT molecular complexity index is 953. The molecular formula is C22H24FN3O2S. The molecule has 1 aliphatic heterocycles. The van der Waals surface area contributed by atoms with Crippen LogP contribution in [0.15, 0.2) is 52.4 Å². The van der Waals surface area contributed by atoms with Crippen LogP contribution >= 0.6 is 11.3 Å². The van der Waals surface area contributed by atoms with Crippen molar-refractivity contribution in [1.29, 1.82) is 0 Å². The second-order valence-electron chi connectivity index (χ2n) is 7.84. The standard InChI is InChI=1S/C22H24FN3O2S/c1-14(2)10-19-22(27)24-18(21-4-3-9-29-21)13-26(19)12-17-11-20(28-25-17)15-5-7-16(23)8-6-15/h3-9,11,14,18-19H,10,12-13H2,1-2H3,(H,24,27). The van der Waals surface area contributed by atoms with Gasteiger partial charge in [-0.1, -0.05) is 25.1 Å². The first-order valence-corrected chi connectivity index (χ1v) is 10.7. The molecule has 1 saturated heterocycles. The summed E-state index contributed by atoms with van der Waals surface area (Å²) in [6, 6.07) is 11.8. The van der Waals surface area contributed by atoms with Gasteiger partial charge in [0.15, 0.2) is 5.76 Å². The van der Waals surface area contributed by atoms with Crippen molar-refractivity contribution >= 4 is 17.2 Å². The van der Waals surface area contributed by atoms with E-state index in [4.69, 9.17) is 4.52 Å². The zero-order chi connectivity index (χ0) is 20.4. The normalized spacial score (nSPS) is 20.2. The number of aromatic nitrogens is 1. The molecule has 1 aromatic carbocycles. The van der Waals surface area contributed by atoms with Gasteiger partial charge < -0.3 is 9.84 Å². The molecule has 1 aliphatic rings. The van der Waals surface area contributed by atoms with Crippen LogP contribution < -0.4 is 5.32 Å². The average molecular weight is 414 g/mol. The third-order valence-electron chi connectivity index (χ3n) is 5.11. The minimum absolute atomic E-state index is 0.0191. The van der Waals surface area contributed by atoms with Crippen LogP contribution in [0.25, 0.3) is 11.3 Å². The molecule has 152 valence electrons. The summed E-state index contributed by atoms with van der Waals surface area (Å²) < 4.78 is 18.6. The fourth-order valence-electron chi connectivity index (χ4n) is 3.71. The van der Waals surface area contributed by atoms with Crippen LogP contribution in [0, 0.1) is 11.7 Å². The Kier molecular flexibility index (Phi) is 5.78. The van der Waals surface area contributed by atoms with Crippen molar-refractivity contribution in [3.05, 3.63) is 64.2 Å². The quantitative estimate of drug-likeness (QED) is 0.640. The number of halogens is 1. The molecule has 0 bridgehead atoms. The molecule has 2 unspecified atom stereocenters. The molecule has 3 heterocycles. The van der Waals surface area contributed by atoms with Crippen molar-refractivity contribution in [2.45, 2.75) is 38.9 Å². The number of hydrogen-bond donors (Lipinski definition) is 1. The number of rotatable bonds is 6. The Morgan fingerprint density at radius 2 is 2.10 bits per heavy atom. The minimum atomic E-state index is -0.288. The van der Waals surface area contributed by atoms with Crippen LogP contribution in [0.1, 0.15) is 36.9 Å². The molecule has 1 fully saturated rings. The summed E-state index contributed by atoms with van der Waals surface area (Å²) in [5.41, 5.74) is 1.54. The molecule has 0 saturated carbocycles. The lowest BCUT2D eigenvalue weighted by Gasteiger charge is -2.39. The third-order valence-corrected chi connectivity index (χ3v) is 6.10. The van der Waals surface area contributed by atoms with Crippen molar-refractivity contribution in [2.24, 2.45) is 5.92 Å². The Labute approximate surface area is 173 Å². The molecule has 0 spiro atoms. The van der Waals surface area contributed by atoms with E-state index in [-0.39, 0.29) is 23.8 Å². The maximum atomic E-state index is 13.2. The first-order valence-electron chi connectivity index (χ1n) is 9.79. The summed E-state index contributed by atoms with van der Waals surface area (Å²) in [6.07, 6.45) is 0.783. The Morgan fingerprint density at radius 1 is 1.31 bits per heavy atom. The highest BCUT2D eigenvalue weighted by atomic mass is 32.1. The van der Waals surface area contributed by atoms with Crippen LogP contribution in [0.5, 0.6) is 0 Å². The van der Waals surface area contributed by atoms with Crippen molar-refractivity contribution in [2.75, 3.05) is 6.54 Å². The van der Waals surface area contributed by atoms with Crippen LogP contribution in [-0.4, -0.2) is 28.6 Å². The lowest BCUT2D eigenvalue weighted by Crippen LogP contribution is -2.56. The highest BCUT2D eigenvalue weighted by Gasteiger charge is 2.36. The van der Waals surface area contributed by atoms with E-state index in [1.165, 1.54) is 12.1 Å². The van der Waals surface area contributed by atoms with E-state index in [2.05, 4.69) is 35.3 Å². The second-order valence-corrected chi connectivity index (χ2v) is 8.82. The van der Waals surface area contributed by atoms with Gasteiger partial charge in [0.25, 0.3) is 0 Å². The minimum Gasteiger partial charge on any atom is -0.356 e. The highest BCUT2D eigenvalue weighted by molar-refractivity contribution is 7.10. The molecule has 5 nitrogen and oxygen atoms in total. The molecule has 7 heteroatoms. The summed E-state index contributed by atoms with van der Waals surface area (Å²) in [5.74, 6) is 0.768. The predicted molar refractivity (Wildman–Crippen MR) is 111 cm³/mol. The molecule has 2 atom stereocenters. The summed E-state index contributed by atoms with van der Waals surface area (Å²) >= 11 is 1.65. The van der Waals surface area contributed by atoms with Gasteiger partial charge in [-0.15, -0.1) is 11.3 Å². The lowest BCUT2D eigenvalue weighted by molar-refractivity contribution is -0.131. The van der Waals surface area contributed by atoms with Crippen LogP contribution in [-0.2, 0) is 11.3 Å². The van der Waals surface area contributed by atoms with Crippen molar-refractivity contribution in [1.82, 2.24) is 15.4 Å². The summed E-state index contributed by atoms with van der Waals surface area (Å²) in [7, 11) is 0. The van der Waals surface area contributed by atoms with Gasteiger partial charge in [-0.05, 0) is 48.1 Å². The van der Waals surface area contributed by atoms with Gasteiger partial charge in [-0.2, -0.15) is 0 Å². The van der Waals surface area contributed by atoms with E-state index in [9.17, 15) is 9.18 Å². The van der Waals surface area contributed by atoms with Gasteiger partial charge in [0.1, 0.15) is 5.82 Å². The van der Waals surface area contributed by atoms with Crippen molar-refractivity contribution in [3.8, 4) is 11.3 Å². The number of carbonyl (C=O) groups excluding carboxylic acids is 1. The number of nitrogens with one attached hydrogen (secondary N) is 1.